The van der Waals surface area contributed by atoms with Crippen LogP contribution in [0.5, 0.6) is 0 Å². The van der Waals surface area contributed by atoms with Gasteiger partial charge in [0.05, 0.1) is 5.69 Å². The molecule has 0 bridgehead atoms. The Morgan fingerprint density at radius 2 is 2.08 bits per heavy atom. The molecule has 1 unspecified atom stereocenters. The van der Waals surface area contributed by atoms with Crippen LogP contribution in [0, 0.1) is 28.6 Å². The highest BCUT2D eigenvalue weighted by atomic mass is 79.9. The van der Waals surface area contributed by atoms with Crippen LogP contribution in [-0.2, 0) is 5.33 Å². The molecule has 0 fully saturated rings. The van der Waals surface area contributed by atoms with Crippen LogP contribution >= 0.6 is 15.9 Å². The molecule has 2 heterocycles. The second-order valence-corrected chi connectivity index (χ2v) is 5.91. The third kappa shape index (κ3) is 2.76. The Morgan fingerprint density at radius 1 is 1.31 bits per heavy atom. The molecule has 0 amide bonds. The monoisotopic (exact) mass is 414 g/mol. The van der Waals surface area contributed by atoms with Crippen LogP contribution in [0.25, 0.3) is 0 Å². The van der Waals surface area contributed by atoms with E-state index in [1.165, 1.54) is 6.07 Å². The van der Waals surface area contributed by atoms with Crippen molar-refractivity contribution < 1.29 is 4.39 Å². The predicted molar refractivity (Wildman–Crippen MR) is 98.5 cm³/mol. The first kappa shape index (κ1) is 17.5. The minimum atomic E-state index is -0.906. The van der Waals surface area contributed by atoms with Crippen molar-refractivity contribution in [3.05, 3.63) is 46.3 Å². The molecule has 0 spiro atoms. The zero-order valence-corrected chi connectivity index (χ0v) is 14.8. The minimum absolute atomic E-state index is 0.000765. The van der Waals surface area contributed by atoms with Crippen LogP contribution in [0.3, 0.4) is 0 Å². The molecule has 0 aliphatic carbocycles. The molecule has 26 heavy (non-hydrogen) atoms. The Labute approximate surface area is 156 Å². The van der Waals surface area contributed by atoms with Gasteiger partial charge >= 0.3 is 0 Å². The fourth-order valence-corrected chi connectivity index (χ4v) is 3.28. The number of nitriles is 2. The lowest BCUT2D eigenvalue weighted by Crippen LogP contribution is -2.33. The van der Waals surface area contributed by atoms with Crippen molar-refractivity contribution in [1.82, 2.24) is 10.3 Å². The van der Waals surface area contributed by atoms with E-state index in [-0.39, 0.29) is 34.4 Å². The molecule has 1 aliphatic heterocycles. The summed E-state index contributed by atoms with van der Waals surface area (Å²) in [6.07, 6.45) is 1.75. The van der Waals surface area contributed by atoms with Crippen LogP contribution < -0.4 is 22.1 Å². The number of benzene rings is 1. The van der Waals surface area contributed by atoms with Gasteiger partial charge in [-0.2, -0.15) is 10.5 Å². The van der Waals surface area contributed by atoms with Gasteiger partial charge in [0.25, 0.3) is 0 Å². The Bertz CT molecular complexity index is 1000. The fourth-order valence-electron chi connectivity index (χ4n) is 2.79. The number of nitrogens with two attached hydrogens (primary N) is 2. The number of nitrogens with one attached hydrogen (secondary N) is 2. The summed E-state index contributed by atoms with van der Waals surface area (Å²) in [6, 6.07) is 5.64. The highest BCUT2D eigenvalue weighted by Crippen LogP contribution is 2.42. The number of pyridine rings is 1. The van der Waals surface area contributed by atoms with Crippen molar-refractivity contribution in [3.63, 3.8) is 0 Å². The normalized spacial score (nSPS) is 15.1. The summed E-state index contributed by atoms with van der Waals surface area (Å²) in [7, 11) is 0. The van der Waals surface area contributed by atoms with E-state index in [1.54, 1.807) is 18.3 Å². The predicted octanol–water partition coefficient (Wildman–Crippen LogP) is 2.09. The maximum Gasteiger partial charge on any atom is 0.211 e. The SMILES string of the molecule is N#CNC1=NC(c2c(F)cccc2CBr)c2c(nc(N)c(C#N)c2N)N1. The molecule has 1 aromatic heterocycles. The lowest BCUT2D eigenvalue weighted by molar-refractivity contribution is 0.596. The number of aromatic nitrogens is 1. The van der Waals surface area contributed by atoms with Crippen LogP contribution in [0.15, 0.2) is 23.2 Å². The highest BCUT2D eigenvalue weighted by molar-refractivity contribution is 9.08. The largest absolute Gasteiger partial charge is 0.397 e. The quantitative estimate of drug-likeness (QED) is 0.333. The number of fused-ring (bicyclic) bond motifs is 1. The second-order valence-electron chi connectivity index (χ2n) is 5.35. The molecule has 1 aliphatic rings. The van der Waals surface area contributed by atoms with Gasteiger partial charge in [0, 0.05) is 16.5 Å². The molecule has 3 rings (SSSR count). The maximum atomic E-state index is 14.7. The number of guanidine groups is 1. The van der Waals surface area contributed by atoms with E-state index in [0.717, 1.165) is 0 Å². The molecule has 0 radical (unpaired) electrons. The number of aliphatic imine (C=N–C) groups is 1. The van der Waals surface area contributed by atoms with Gasteiger partial charge in [-0.25, -0.2) is 14.4 Å². The number of nitrogens with zero attached hydrogens (tertiary/aromatic N) is 4. The van der Waals surface area contributed by atoms with E-state index >= 15 is 0 Å². The Kier molecular flexibility index (Phi) is 4.61. The van der Waals surface area contributed by atoms with Crippen LogP contribution in [-0.4, -0.2) is 10.9 Å². The number of hydrogen-bond donors (Lipinski definition) is 4. The summed E-state index contributed by atoms with van der Waals surface area (Å²) >= 11 is 3.34. The first-order chi connectivity index (χ1) is 12.5. The zero-order valence-electron chi connectivity index (χ0n) is 13.2. The number of rotatable bonds is 2. The van der Waals surface area contributed by atoms with Gasteiger partial charge in [0.1, 0.15) is 35.1 Å². The molecule has 10 heteroatoms. The van der Waals surface area contributed by atoms with E-state index < -0.39 is 11.9 Å². The molecule has 1 aromatic carbocycles. The van der Waals surface area contributed by atoms with E-state index in [1.807, 2.05) is 6.07 Å². The molecular weight excluding hydrogens is 403 g/mol. The molecular formula is C16H12BrFN8. The van der Waals surface area contributed by atoms with Crippen molar-refractivity contribution in [2.24, 2.45) is 4.99 Å². The zero-order chi connectivity index (χ0) is 18.8. The standard InChI is InChI=1S/C16H12BrFN8/c17-4-7-2-1-3-9(18)10(7)13-11-12(21)8(5-19)14(22)25-15(11)26-16(24-13)23-6-20/h1-3,13H,4H2,(H6,21,22,23,24,25,26). The van der Waals surface area contributed by atoms with Gasteiger partial charge in [-0.1, -0.05) is 28.1 Å². The summed E-state index contributed by atoms with van der Waals surface area (Å²) < 4.78 is 14.7. The van der Waals surface area contributed by atoms with E-state index in [2.05, 4.69) is 36.5 Å². The molecule has 0 saturated carbocycles. The van der Waals surface area contributed by atoms with Crippen LogP contribution in [0.4, 0.5) is 21.7 Å². The summed E-state index contributed by atoms with van der Waals surface area (Å²) in [5.41, 5.74) is 13.2. The van der Waals surface area contributed by atoms with E-state index in [4.69, 9.17) is 16.7 Å². The fraction of sp³-hybridized carbons (Fsp3) is 0.125. The van der Waals surface area contributed by atoms with E-state index in [0.29, 0.717) is 16.5 Å². The molecule has 8 nitrogen and oxygen atoms in total. The lowest BCUT2D eigenvalue weighted by Gasteiger charge is -2.27. The maximum absolute atomic E-state index is 14.7. The van der Waals surface area contributed by atoms with Crippen molar-refractivity contribution in [1.29, 1.82) is 10.5 Å². The van der Waals surface area contributed by atoms with E-state index in [9.17, 15) is 9.65 Å². The Balaban J connectivity index is 2.33. The smallest absolute Gasteiger partial charge is 0.211 e. The van der Waals surface area contributed by atoms with Crippen molar-refractivity contribution in [2.45, 2.75) is 11.4 Å². The lowest BCUT2D eigenvalue weighted by atomic mass is 9.92. The second kappa shape index (κ2) is 6.86. The summed E-state index contributed by atoms with van der Waals surface area (Å²) in [5, 5.41) is 23.7. The van der Waals surface area contributed by atoms with Gasteiger partial charge in [-0.15, -0.1) is 0 Å². The molecule has 1 atom stereocenters. The van der Waals surface area contributed by atoms with Crippen LogP contribution in [0.2, 0.25) is 0 Å². The average Bonchev–Trinajstić information content (AvgIpc) is 2.61. The average molecular weight is 415 g/mol. The Morgan fingerprint density at radius 3 is 2.73 bits per heavy atom. The summed E-state index contributed by atoms with van der Waals surface area (Å²) in [6.45, 7) is 0. The first-order valence-corrected chi connectivity index (χ1v) is 8.46. The first-order valence-electron chi connectivity index (χ1n) is 7.33. The van der Waals surface area contributed by atoms with Gasteiger partial charge in [0.15, 0.2) is 6.19 Å². The third-order valence-corrected chi connectivity index (χ3v) is 4.52. The molecule has 0 saturated heterocycles. The van der Waals surface area contributed by atoms with Crippen molar-refractivity contribution >= 4 is 39.2 Å². The van der Waals surface area contributed by atoms with Gasteiger partial charge in [0.2, 0.25) is 5.96 Å². The number of nitrogen functional groups attached to an aromatic ring is 2. The third-order valence-electron chi connectivity index (χ3n) is 3.92. The van der Waals surface area contributed by atoms with Gasteiger partial charge in [-0.05, 0) is 11.6 Å². The van der Waals surface area contributed by atoms with Crippen molar-refractivity contribution in [2.75, 3.05) is 16.8 Å². The number of hydrogen-bond acceptors (Lipinski definition) is 8. The number of anilines is 3. The van der Waals surface area contributed by atoms with Gasteiger partial charge < -0.3 is 16.8 Å². The molecule has 2 aromatic rings. The highest BCUT2D eigenvalue weighted by Gasteiger charge is 2.32. The molecule has 130 valence electrons. The summed E-state index contributed by atoms with van der Waals surface area (Å²) in [4.78, 5) is 8.50. The Hall–Kier alpha value is -3.37. The number of alkyl halides is 1. The number of halogens is 2. The molecule has 6 N–H and O–H groups in total. The van der Waals surface area contributed by atoms with Crippen molar-refractivity contribution in [3.8, 4) is 12.3 Å². The topological polar surface area (TPSA) is 149 Å². The summed E-state index contributed by atoms with van der Waals surface area (Å²) in [5.74, 6) is -0.276. The van der Waals surface area contributed by atoms with Crippen LogP contribution in [0.1, 0.15) is 28.3 Å². The van der Waals surface area contributed by atoms with Gasteiger partial charge in [-0.3, -0.25) is 5.32 Å². The minimum Gasteiger partial charge on any atom is -0.397 e.